The first-order chi connectivity index (χ1) is 9.70. The van der Waals surface area contributed by atoms with E-state index < -0.39 is 14.9 Å². The highest BCUT2D eigenvalue weighted by atomic mass is 32.2. The Morgan fingerprint density at radius 1 is 1.38 bits per heavy atom. The van der Waals surface area contributed by atoms with Crippen LogP contribution in [0.2, 0.25) is 0 Å². The third kappa shape index (κ3) is 3.53. The fraction of sp³-hybridized carbons (Fsp3) is 0.667. The first-order valence-electron chi connectivity index (χ1n) is 6.76. The second-order valence-corrected chi connectivity index (χ2v) is 8.68. The number of nitrogen functional groups attached to an aromatic ring is 1. The highest BCUT2D eigenvalue weighted by Gasteiger charge is 2.30. The smallest absolute Gasteiger partial charge is 0.304 e. The number of nitrogens with one attached hydrogen (secondary N) is 1. The van der Waals surface area contributed by atoms with Gasteiger partial charge < -0.3 is 5.73 Å². The molecule has 0 saturated heterocycles. The van der Waals surface area contributed by atoms with Crippen LogP contribution in [0.3, 0.4) is 0 Å². The fourth-order valence-corrected chi connectivity index (χ4v) is 5.09. The second kappa shape index (κ2) is 5.90. The van der Waals surface area contributed by atoms with Crippen LogP contribution in [-0.4, -0.2) is 19.4 Å². The van der Waals surface area contributed by atoms with Gasteiger partial charge in [0, 0.05) is 12.1 Å². The van der Waals surface area contributed by atoms with Gasteiger partial charge in [-0.1, -0.05) is 25.2 Å². The van der Waals surface area contributed by atoms with E-state index in [1.165, 1.54) is 0 Å². The van der Waals surface area contributed by atoms with E-state index in [-0.39, 0.29) is 20.9 Å². The molecule has 3 N–H and O–H groups in total. The number of sulfonamides is 1. The van der Waals surface area contributed by atoms with Crippen LogP contribution in [0, 0.1) is 22.0 Å². The fourth-order valence-electron chi connectivity index (χ4n) is 2.58. The van der Waals surface area contributed by atoms with E-state index in [9.17, 15) is 18.5 Å². The van der Waals surface area contributed by atoms with Crippen LogP contribution in [0.15, 0.2) is 10.3 Å². The molecular formula is C12H19N3O4S2. The third-order valence-electron chi connectivity index (χ3n) is 4.10. The minimum atomic E-state index is -3.75. The molecule has 2 rings (SSSR count). The van der Waals surface area contributed by atoms with Gasteiger partial charge in [0.2, 0.25) is 0 Å². The normalized spacial score (nSPS) is 26.7. The highest BCUT2D eigenvalue weighted by Crippen LogP contribution is 2.35. The summed E-state index contributed by atoms with van der Waals surface area (Å²) in [6, 6.07) is 0.903. The van der Waals surface area contributed by atoms with Crippen LogP contribution < -0.4 is 10.5 Å². The molecule has 21 heavy (non-hydrogen) atoms. The van der Waals surface area contributed by atoms with E-state index in [4.69, 9.17) is 5.73 Å². The van der Waals surface area contributed by atoms with Crippen LogP contribution in [0.25, 0.3) is 0 Å². The van der Waals surface area contributed by atoms with Crippen LogP contribution in [-0.2, 0) is 10.0 Å². The Balaban J connectivity index is 2.15. The number of anilines is 1. The highest BCUT2D eigenvalue weighted by molar-refractivity contribution is 7.91. The number of thiophene rings is 1. The van der Waals surface area contributed by atoms with Crippen molar-refractivity contribution in [3.63, 3.8) is 0 Å². The zero-order chi connectivity index (χ0) is 15.8. The molecule has 1 aromatic rings. The number of rotatable bonds is 4. The average molecular weight is 333 g/mol. The molecular weight excluding hydrogens is 314 g/mol. The van der Waals surface area contributed by atoms with Crippen LogP contribution in [0.4, 0.5) is 10.7 Å². The summed E-state index contributed by atoms with van der Waals surface area (Å²) >= 11 is 0.725. The van der Waals surface area contributed by atoms with Crippen molar-refractivity contribution in [2.45, 2.75) is 43.4 Å². The topological polar surface area (TPSA) is 115 Å². The van der Waals surface area contributed by atoms with Gasteiger partial charge in [0.05, 0.1) is 4.92 Å². The summed E-state index contributed by atoms with van der Waals surface area (Å²) in [6.45, 7) is 4.28. The summed E-state index contributed by atoms with van der Waals surface area (Å²) in [5, 5.41) is 10.7. The quantitative estimate of drug-likeness (QED) is 0.648. The van der Waals surface area contributed by atoms with Gasteiger partial charge in [0.1, 0.15) is 4.21 Å². The SMILES string of the molecule is CC1CCC(NS(=O)(=O)c2cc([N+](=O)[O-])c(N)s2)CC1C. The number of hydrogen-bond acceptors (Lipinski definition) is 6. The Bertz CT molecular complexity index is 641. The van der Waals surface area contributed by atoms with Crippen molar-refractivity contribution in [1.82, 2.24) is 4.72 Å². The Hall–Kier alpha value is -1.19. The number of hydrogen-bond donors (Lipinski definition) is 2. The van der Waals surface area contributed by atoms with Gasteiger partial charge >= 0.3 is 5.69 Å². The Labute approximate surface area is 127 Å². The largest absolute Gasteiger partial charge is 0.385 e. The van der Waals surface area contributed by atoms with E-state index in [0.29, 0.717) is 11.8 Å². The molecule has 118 valence electrons. The minimum absolute atomic E-state index is 0.0917. The average Bonchev–Trinajstić information content (AvgIpc) is 2.77. The maximum atomic E-state index is 12.3. The zero-order valence-corrected chi connectivity index (χ0v) is 13.5. The summed E-state index contributed by atoms with van der Waals surface area (Å²) in [5.41, 5.74) is 5.14. The summed E-state index contributed by atoms with van der Waals surface area (Å²) in [4.78, 5) is 10.1. The lowest BCUT2D eigenvalue weighted by molar-refractivity contribution is -0.383. The third-order valence-corrected chi connectivity index (χ3v) is 7.05. The molecule has 1 aliphatic carbocycles. The van der Waals surface area contributed by atoms with Gasteiger partial charge in [-0.25, -0.2) is 13.1 Å². The Morgan fingerprint density at radius 2 is 2.05 bits per heavy atom. The lowest BCUT2D eigenvalue weighted by Crippen LogP contribution is -2.39. The first-order valence-corrected chi connectivity index (χ1v) is 9.06. The van der Waals surface area contributed by atoms with E-state index in [0.717, 1.165) is 36.7 Å². The van der Waals surface area contributed by atoms with Crippen molar-refractivity contribution in [3.05, 3.63) is 16.2 Å². The zero-order valence-electron chi connectivity index (χ0n) is 11.9. The van der Waals surface area contributed by atoms with Crippen molar-refractivity contribution in [1.29, 1.82) is 0 Å². The maximum absolute atomic E-state index is 12.3. The van der Waals surface area contributed by atoms with Gasteiger partial charge in [-0.2, -0.15) is 0 Å². The van der Waals surface area contributed by atoms with E-state index >= 15 is 0 Å². The van der Waals surface area contributed by atoms with Crippen molar-refractivity contribution in [3.8, 4) is 0 Å². The lowest BCUT2D eigenvalue weighted by atomic mass is 9.79. The van der Waals surface area contributed by atoms with Crippen LogP contribution in [0.1, 0.15) is 33.1 Å². The lowest BCUT2D eigenvalue weighted by Gasteiger charge is -2.32. The number of nitrogens with zero attached hydrogens (tertiary/aromatic N) is 1. The molecule has 0 aromatic carbocycles. The van der Waals surface area contributed by atoms with Crippen molar-refractivity contribution in [2.75, 3.05) is 5.73 Å². The number of nitrogens with two attached hydrogens (primary N) is 1. The molecule has 3 unspecified atom stereocenters. The van der Waals surface area contributed by atoms with Crippen LogP contribution in [0.5, 0.6) is 0 Å². The summed E-state index contributed by atoms with van der Waals surface area (Å²) in [7, 11) is -3.75. The second-order valence-electron chi connectivity index (χ2n) is 5.66. The van der Waals surface area contributed by atoms with Gasteiger partial charge in [0.15, 0.2) is 5.00 Å². The van der Waals surface area contributed by atoms with Gasteiger partial charge in [-0.15, -0.1) is 0 Å². The molecule has 0 amide bonds. The summed E-state index contributed by atoms with van der Waals surface area (Å²) in [6.07, 6.45) is 2.54. The van der Waals surface area contributed by atoms with Gasteiger partial charge in [0.25, 0.3) is 10.0 Å². The maximum Gasteiger partial charge on any atom is 0.304 e. The Kier molecular flexibility index (Phi) is 4.54. The van der Waals surface area contributed by atoms with Gasteiger partial charge in [-0.3, -0.25) is 10.1 Å². The molecule has 7 nitrogen and oxygen atoms in total. The van der Waals surface area contributed by atoms with E-state index in [1.807, 2.05) is 0 Å². The van der Waals surface area contributed by atoms with Crippen LogP contribution >= 0.6 is 11.3 Å². The monoisotopic (exact) mass is 333 g/mol. The Morgan fingerprint density at radius 3 is 2.57 bits per heavy atom. The molecule has 0 spiro atoms. The van der Waals surface area contributed by atoms with Crippen molar-refractivity contribution in [2.24, 2.45) is 11.8 Å². The van der Waals surface area contributed by atoms with Crippen molar-refractivity contribution < 1.29 is 13.3 Å². The molecule has 1 aliphatic rings. The summed E-state index contributed by atoms with van der Waals surface area (Å²) < 4.78 is 27.1. The van der Waals surface area contributed by atoms with E-state index in [1.54, 1.807) is 0 Å². The number of nitro groups is 1. The molecule has 0 aliphatic heterocycles. The molecule has 1 saturated carbocycles. The molecule has 1 fully saturated rings. The van der Waals surface area contributed by atoms with Crippen molar-refractivity contribution >= 4 is 32.0 Å². The minimum Gasteiger partial charge on any atom is -0.385 e. The molecule has 0 bridgehead atoms. The summed E-state index contributed by atoms with van der Waals surface area (Å²) in [5.74, 6) is 1.04. The molecule has 9 heteroatoms. The predicted molar refractivity (Wildman–Crippen MR) is 81.7 cm³/mol. The van der Waals surface area contributed by atoms with Gasteiger partial charge in [-0.05, 0) is 31.1 Å². The molecule has 1 heterocycles. The van der Waals surface area contributed by atoms with E-state index in [2.05, 4.69) is 18.6 Å². The molecule has 3 atom stereocenters. The standard InChI is InChI=1S/C12H19N3O4S2/c1-7-3-4-9(5-8(7)2)14-21(18,19)11-6-10(15(16)17)12(13)20-11/h6-9,14H,3-5,13H2,1-2H3. The predicted octanol–water partition coefficient (Wildman–Crippen LogP) is 2.34. The molecule has 1 aromatic heterocycles. The molecule has 0 radical (unpaired) electrons. The first kappa shape index (κ1) is 16.2.